The molecule has 6 heteroatoms. The van der Waals surface area contributed by atoms with Crippen LogP contribution in [-0.2, 0) is 22.6 Å². The molecule has 1 aliphatic rings. The molecule has 1 aliphatic heterocycles. The smallest absolute Gasteiger partial charge is 0.244 e. The van der Waals surface area contributed by atoms with Gasteiger partial charge in [0.2, 0.25) is 11.8 Å². The lowest BCUT2D eigenvalue weighted by Crippen LogP contribution is -2.23. The molecule has 0 bridgehead atoms. The van der Waals surface area contributed by atoms with E-state index in [4.69, 9.17) is 0 Å². The van der Waals surface area contributed by atoms with E-state index in [1.807, 2.05) is 60.0 Å². The van der Waals surface area contributed by atoms with Crippen LogP contribution in [-0.4, -0.2) is 27.9 Å². The number of amides is 2. The molecule has 1 N–H and O–H groups in total. The van der Waals surface area contributed by atoms with Gasteiger partial charge in [-0.05, 0) is 42.8 Å². The van der Waals surface area contributed by atoms with Crippen LogP contribution in [0.1, 0.15) is 25.6 Å². The second-order valence-corrected chi connectivity index (χ2v) is 6.70. The van der Waals surface area contributed by atoms with Gasteiger partial charge in [0.15, 0.2) is 0 Å². The molecule has 2 aromatic carbocycles. The summed E-state index contributed by atoms with van der Waals surface area (Å²) in [5, 5.41) is 2.93. The number of nitrogens with zero attached hydrogens (tertiary/aromatic N) is 3. The average Bonchev–Trinajstić information content (AvgIpc) is 3.26. The van der Waals surface area contributed by atoms with Crippen LogP contribution in [0, 0.1) is 0 Å². The Morgan fingerprint density at radius 3 is 2.63 bits per heavy atom. The van der Waals surface area contributed by atoms with E-state index in [0.717, 1.165) is 47.6 Å². The molecule has 3 aromatic rings. The summed E-state index contributed by atoms with van der Waals surface area (Å²) in [5.74, 6) is 0.956. The maximum absolute atomic E-state index is 12.6. The van der Waals surface area contributed by atoms with E-state index in [0.29, 0.717) is 6.42 Å². The minimum Gasteiger partial charge on any atom is -0.325 e. The van der Waals surface area contributed by atoms with Gasteiger partial charge in [-0.25, -0.2) is 4.98 Å². The summed E-state index contributed by atoms with van der Waals surface area (Å²) in [6.07, 6.45) is 2.27. The van der Waals surface area contributed by atoms with E-state index in [1.54, 1.807) is 4.90 Å². The number of anilines is 2. The first-order valence-corrected chi connectivity index (χ1v) is 9.30. The van der Waals surface area contributed by atoms with Gasteiger partial charge < -0.3 is 14.8 Å². The van der Waals surface area contributed by atoms with Crippen molar-refractivity contribution in [1.82, 2.24) is 9.55 Å². The van der Waals surface area contributed by atoms with Crippen LogP contribution in [0.25, 0.3) is 11.0 Å². The summed E-state index contributed by atoms with van der Waals surface area (Å²) < 4.78 is 1.96. The molecular weight excluding hydrogens is 340 g/mol. The number of fused-ring (bicyclic) bond motifs is 1. The van der Waals surface area contributed by atoms with Crippen LogP contribution in [0.5, 0.6) is 0 Å². The fourth-order valence-electron chi connectivity index (χ4n) is 3.56. The molecule has 0 spiro atoms. The van der Waals surface area contributed by atoms with Crippen molar-refractivity contribution >= 4 is 34.2 Å². The summed E-state index contributed by atoms with van der Waals surface area (Å²) in [4.78, 5) is 30.8. The van der Waals surface area contributed by atoms with Crippen molar-refractivity contribution in [3.8, 4) is 0 Å². The van der Waals surface area contributed by atoms with Gasteiger partial charge in [-0.1, -0.05) is 19.1 Å². The third-order valence-electron chi connectivity index (χ3n) is 4.89. The number of carbonyl (C=O) groups excluding carboxylic acids is 2. The Morgan fingerprint density at radius 1 is 1.15 bits per heavy atom. The van der Waals surface area contributed by atoms with Gasteiger partial charge >= 0.3 is 0 Å². The monoisotopic (exact) mass is 362 g/mol. The van der Waals surface area contributed by atoms with Crippen LogP contribution in [0.2, 0.25) is 0 Å². The number of para-hydroxylation sites is 2. The Labute approximate surface area is 157 Å². The normalized spacial score (nSPS) is 14.1. The summed E-state index contributed by atoms with van der Waals surface area (Å²) in [5.41, 5.74) is 3.47. The Kier molecular flexibility index (Phi) is 4.62. The van der Waals surface area contributed by atoms with Crippen molar-refractivity contribution in [3.05, 3.63) is 54.4 Å². The first-order valence-electron chi connectivity index (χ1n) is 9.30. The SMILES string of the molecule is CCc1nc2ccccc2n1CC(=O)Nc1ccc(N2CCCC2=O)cc1. The second-order valence-electron chi connectivity index (χ2n) is 6.70. The summed E-state index contributed by atoms with van der Waals surface area (Å²) in [7, 11) is 0. The molecule has 1 aromatic heterocycles. The van der Waals surface area contributed by atoms with E-state index >= 15 is 0 Å². The maximum Gasteiger partial charge on any atom is 0.244 e. The molecule has 4 rings (SSSR count). The predicted octanol–water partition coefficient (Wildman–Crippen LogP) is 3.36. The lowest BCUT2D eigenvalue weighted by molar-refractivity contribution is -0.117. The maximum atomic E-state index is 12.6. The minimum atomic E-state index is -0.0992. The number of imidazole rings is 1. The van der Waals surface area contributed by atoms with Crippen LogP contribution >= 0.6 is 0 Å². The first-order chi connectivity index (χ1) is 13.2. The number of aryl methyl sites for hydroxylation is 1. The minimum absolute atomic E-state index is 0.0992. The highest BCUT2D eigenvalue weighted by molar-refractivity contribution is 5.96. The number of nitrogens with one attached hydrogen (secondary N) is 1. The van der Waals surface area contributed by atoms with Gasteiger partial charge in [0.1, 0.15) is 12.4 Å². The number of rotatable bonds is 5. The fraction of sp³-hybridized carbons (Fsp3) is 0.286. The van der Waals surface area contributed by atoms with Crippen LogP contribution in [0.15, 0.2) is 48.5 Å². The molecule has 1 fully saturated rings. The van der Waals surface area contributed by atoms with Gasteiger partial charge in [0.25, 0.3) is 0 Å². The van der Waals surface area contributed by atoms with E-state index in [9.17, 15) is 9.59 Å². The fourth-order valence-corrected chi connectivity index (χ4v) is 3.56. The zero-order valence-electron chi connectivity index (χ0n) is 15.3. The van der Waals surface area contributed by atoms with Crippen molar-refractivity contribution < 1.29 is 9.59 Å². The summed E-state index contributed by atoms with van der Waals surface area (Å²) >= 11 is 0. The number of aromatic nitrogens is 2. The number of hydrogen-bond acceptors (Lipinski definition) is 3. The number of benzene rings is 2. The van der Waals surface area contributed by atoms with Crippen molar-refractivity contribution in [1.29, 1.82) is 0 Å². The molecule has 0 saturated carbocycles. The standard InChI is InChI=1S/C21H22N4O2/c1-2-19-23-17-6-3-4-7-18(17)25(19)14-20(26)22-15-9-11-16(12-10-15)24-13-5-8-21(24)27/h3-4,6-7,9-12H,2,5,8,13-14H2,1H3,(H,22,26). The topological polar surface area (TPSA) is 67.2 Å². The highest BCUT2D eigenvalue weighted by Gasteiger charge is 2.21. The first kappa shape index (κ1) is 17.3. The lowest BCUT2D eigenvalue weighted by Gasteiger charge is -2.16. The van der Waals surface area contributed by atoms with Gasteiger partial charge in [-0.3, -0.25) is 9.59 Å². The zero-order valence-corrected chi connectivity index (χ0v) is 15.3. The van der Waals surface area contributed by atoms with Gasteiger partial charge in [-0.15, -0.1) is 0 Å². The Hall–Kier alpha value is -3.15. The summed E-state index contributed by atoms with van der Waals surface area (Å²) in [6, 6.07) is 15.3. The Balaban J connectivity index is 1.48. The van der Waals surface area contributed by atoms with E-state index in [2.05, 4.69) is 10.3 Å². The molecular formula is C21H22N4O2. The predicted molar refractivity (Wildman–Crippen MR) is 106 cm³/mol. The zero-order chi connectivity index (χ0) is 18.8. The van der Waals surface area contributed by atoms with Crippen LogP contribution in [0.3, 0.4) is 0 Å². The van der Waals surface area contributed by atoms with E-state index in [-0.39, 0.29) is 18.4 Å². The number of hydrogen-bond donors (Lipinski definition) is 1. The molecule has 0 aliphatic carbocycles. The molecule has 0 atom stereocenters. The van der Waals surface area contributed by atoms with Crippen molar-refractivity contribution in [3.63, 3.8) is 0 Å². The van der Waals surface area contributed by atoms with Crippen molar-refractivity contribution in [2.24, 2.45) is 0 Å². The van der Waals surface area contributed by atoms with Crippen molar-refractivity contribution in [2.75, 3.05) is 16.8 Å². The molecule has 138 valence electrons. The molecule has 6 nitrogen and oxygen atoms in total. The highest BCUT2D eigenvalue weighted by Crippen LogP contribution is 2.23. The van der Waals surface area contributed by atoms with Gasteiger partial charge in [0.05, 0.1) is 11.0 Å². The Morgan fingerprint density at radius 2 is 1.93 bits per heavy atom. The molecule has 2 heterocycles. The average molecular weight is 362 g/mol. The second kappa shape index (κ2) is 7.23. The molecule has 2 amide bonds. The summed E-state index contributed by atoms with van der Waals surface area (Å²) in [6.45, 7) is 3.02. The largest absolute Gasteiger partial charge is 0.325 e. The van der Waals surface area contributed by atoms with Gasteiger partial charge in [0, 0.05) is 30.8 Å². The van der Waals surface area contributed by atoms with Crippen molar-refractivity contribution in [2.45, 2.75) is 32.7 Å². The molecule has 0 unspecified atom stereocenters. The van der Waals surface area contributed by atoms with Gasteiger partial charge in [-0.2, -0.15) is 0 Å². The van der Waals surface area contributed by atoms with Crippen LogP contribution in [0.4, 0.5) is 11.4 Å². The van der Waals surface area contributed by atoms with E-state index < -0.39 is 0 Å². The third kappa shape index (κ3) is 3.43. The molecule has 27 heavy (non-hydrogen) atoms. The highest BCUT2D eigenvalue weighted by atomic mass is 16.2. The quantitative estimate of drug-likeness (QED) is 0.757. The van der Waals surface area contributed by atoms with E-state index in [1.165, 1.54) is 0 Å². The number of carbonyl (C=O) groups is 2. The third-order valence-corrected chi connectivity index (χ3v) is 4.89. The lowest BCUT2D eigenvalue weighted by atomic mass is 10.2. The van der Waals surface area contributed by atoms with Crippen LogP contribution < -0.4 is 10.2 Å². The molecule has 0 radical (unpaired) electrons. The Bertz CT molecular complexity index is 991. The molecule has 1 saturated heterocycles.